The third-order valence-electron chi connectivity index (χ3n) is 5.79. The number of benzene rings is 2. The van der Waals surface area contributed by atoms with Gasteiger partial charge in [-0.2, -0.15) is 0 Å². The number of hydrogen-bond donors (Lipinski definition) is 1. The minimum atomic E-state index is -0.816. The fourth-order valence-electron chi connectivity index (χ4n) is 4.47. The van der Waals surface area contributed by atoms with Crippen LogP contribution < -0.4 is 24.8 Å². The van der Waals surface area contributed by atoms with Crippen molar-refractivity contribution in [2.75, 3.05) is 19.1 Å². The van der Waals surface area contributed by atoms with Crippen molar-refractivity contribution in [3.8, 4) is 17.2 Å². The van der Waals surface area contributed by atoms with Crippen LogP contribution in [-0.2, 0) is 14.4 Å². The zero-order valence-electron chi connectivity index (χ0n) is 16.7. The van der Waals surface area contributed by atoms with Crippen LogP contribution in [0.2, 0.25) is 0 Å². The summed E-state index contributed by atoms with van der Waals surface area (Å²) in [6, 6.07) is 12.0. The molecule has 158 valence electrons. The molecule has 5 rings (SSSR count). The maximum Gasteiger partial charge on any atom is 0.342 e. The molecule has 0 unspecified atom stereocenters. The highest BCUT2D eigenvalue weighted by Gasteiger charge is 2.59. The number of anilines is 1. The summed E-state index contributed by atoms with van der Waals surface area (Å²) in [5, 5.41) is -0.580. The molecule has 0 saturated carbocycles. The normalized spacial score (nSPS) is 24.4. The number of carbonyl (C=O) groups excluding carboxylic acids is 3. The van der Waals surface area contributed by atoms with Crippen molar-refractivity contribution in [3.05, 3.63) is 58.6 Å². The van der Waals surface area contributed by atoms with Crippen molar-refractivity contribution in [1.82, 2.24) is 0 Å². The van der Waals surface area contributed by atoms with Gasteiger partial charge >= 0.3 is 5.97 Å². The molecule has 8 nitrogen and oxygen atoms in total. The van der Waals surface area contributed by atoms with Crippen LogP contribution >= 0.6 is 11.8 Å². The van der Waals surface area contributed by atoms with E-state index >= 15 is 0 Å². The van der Waals surface area contributed by atoms with Gasteiger partial charge in [0, 0.05) is 11.5 Å². The molecule has 0 spiro atoms. The second kappa shape index (κ2) is 7.05. The molecule has 2 N–H and O–H groups in total. The van der Waals surface area contributed by atoms with Gasteiger partial charge in [0.15, 0.2) is 11.5 Å². The zero-order valence-corrected chi connectivity index (χ0v) is 17.5. The number of esters is 1. The highest BCUT2D eigenvalue weighted by atomic mass is 32.2. The van der Waals surface area contributed by atoms with Gasteiger partial charge in [-0.15, -0.1) is 0 Å². The molecule has 3 heterocycles. The van der Waals surface area contributed by atoms with Crippen LogP contribution in [0.5, 0.6) is 17.2 Å². The van der Waals surface area contributed by atoms with Gasteiger partial charge in [-0.3, -0.25) is 9.59 Å². The standard InChI is InChI=1S/C22H18N2O6S/c1-28-12-8-4-3-7-11(12)24-20(25)15-14-10-6-5-9-13(29-2)17(10)30-22(27)16(14)19(23)31-18(15)21(24)26/h3-9,14-15,18H,23H2,1-2H3/t14-,15+,18-/m0/s1. The Bertz CT molecular complexity index is 1180. The van der Waals surface area contributed by atoms with Crippen molar-refractivity contribution >= 4 is 35.2 Å². The molecular formula is C22H18N2O6S. The Labute approximate surface area is 181 Å². The average Bonchev–Trinajstić information content (AvgIpc) is 3.02. The van der Waals surface area contributed by atoms with Gasteiger partial charge < -0.3 is 19.9 Å². The second-order valence-electron chi connectivity index (χ2n) is 7.27. The lowest BCUT2D eigenvalue weighted by atomic mass is 9.77. The number of fused-ring (bicyclic) bond motifs is 5. The minimum absolute atomic E-state index is 0.188. The van der Waals surface area contributed by atoms with Gasteiger partial charge in [0.25, 0.3) is 0 Å². The van der Waals surface area contributed by atoms with Crippen molar-refractivity contribution < 1.29 is 28.6 Å². The molecule has 1 saturated heterocycles. The van der Waals surface area contributed by atoms with Crippen LogP contribution in [0.4, 0.5) is 5.69 Å². The molecule has 2 aromatic rings. The van der Waals surface area contributed by atoms with E-state index in [1.165, 1.54) is 14.2 Å². The highest BCUT2D eigenvalue weighted by Crippen LogP contribution is 2.56. The van der Waals surface area contributed by atoms with Gasteiger partial charge in [0.2, 0.25) is 11.8 Å². The highest BCUT2D eigenvalue weighted by molar-refractivity contribution is 8.04. The van der Waals surface area contributed by atoms with E-state index in [0.29, 0.717) is 22.7 Å². The number of thioether (sulfide) groups is 1. The van der Waals surface area contributed by atoms with E-state index in [1.807, 2.05) is 0 Å². The molecule has 0 radical (unpaired) electrons. The van der Waals surface area contributed by atoms with Gasteiger partial charge in [0.05, 0.1) is 36.4 Å². The summed E-state index contributed by atoms with van der Waals surface area (Å²) in [4.78, 5) is 41.0. The van der Waals surface area contributed by atoms with Gasteiger partial charge in [-0.05, 0) is 18.2 Å². The fraction of sp³-hybridized carbons (Fsp3) is 0.227. The summed E-state index contributed by atoms with van der Waals surface area (Å²) >= 11 is 1.03. The summed E-state index contributed by atoms with van der Waals surface area (Å²) in [7, 11) is 2.94. The Morgan fingerprint density at radius 2 is 1.68 bits per heavy atom. The van der Waals surface area contributed by atoms with Gasteiger partial charge in [0.1, 0.15) is 11.0 Å². The summed E-state index contributed by atoms with van der Waals surface area (Å²) in [6.45, 7) is 0. The summed E-state index contributed by atoms with van der Waals surface area (Å²) < 4.78 is 16.2. The Balaban J connectivity index is 1.68. The van der Waals surface area contributed by atoms with Crippen molar-refractivity contribution in [1.29, 1.82) is 0 Å². The number of carbonyl (C=O) groups is 3. The Kier molecular flexibility index (Phi) is 4.44. The molecule has 1 fully saturated rings. The smallest absolute Gasteiger partial charge is 0.342 e. The summed E-state index contributed by atoms with van der Waals surface area (Å²) in [5.74, 6) is -1.95. The molecule has 2 aromatic carbocycles. The molecule has 0 aliphatic carbocycles. The number of methoxy groups -OCH3 is 2. The topological polar surface area (TPSA) is 108 Å². The van der Waals surface area contributed by atoms with Crippen molar-refractivity contribution in [2.45, 2.75) is 11.2 Å². The Morgan fingerprint density at radius 1 is 0.968 bits per heavy atom. The lowest BCUT2D eigenvalue weighted by Crippen LogP contribution is -2.39. The van der Waals surface area contributed by atoms with E-state index < -0.39 is 34.9 Å². The first-order chi connectivity index (χ1) is 15.0. The molecule has 3 atom stereocenters. The van der Waals surface area contributed by atoms with E-state index in [4.69, 9.17) is 19.9 Å². The van der Waals surface area contributed by atoms with E-state index in [1.54, 1.807) is 42.5 Å². The Morgan fingerprint density at radius 3 is 2.42 bits per heavy atom. The average molecular weight is 438 g/mol. The molecule has 0 bridgehead atoms. The first kappa shape index (κ1) is 19.5. The third-order valence-corrected chi connectivity index (χ3v) is 7.01. The molecular weight excluding hydrogens is 420 g/mol. The predicted molar refractivity (Wildman–Crippen MR) is 113 cm³/mol. The fourth-order valence-corrected chi connectivity index (χ4v) is 5.70. The molecule has 9 heteroatoms. The largest absolute Gasteiger partial charge is 0.495 e. The molecule has 3 aliphatic rings. The third kappa shape index (κ3) is 2.66. The minimum Gasteiger partial charge on any atom is -0.495 e. The quantitative estimate of drug-likeness (QED) is 0.441. The van der Waals surface area contributed by atoms with Crippen LogP contribution in [0.1, 0.15) is 11.5 Å². The van der Waals surface area contributed by atoms with E-state index in [9.17, 15) is 14.4 Å². The first-order valence-electron chi connectivity index (χ1n) is 9.54. The van der Waals surface area contributed by atoms with E-state index in [-0.39, 0.29) is 16.4 Å². The molecule has 0 aromatic heterocycles. The first-order valence-corrected chi connectivity index (χ1v) is 10.4. The summed E-state index contributed by atoms with van der Waals surface area (Å²) in [5.41, 5.74) is 7.37. The zero-order chi connectivity index (χ0) is 21.9. The van der Waals surface area contributed by atoms with Crippen LogP contribution in [0, 0.1) is 5.92 Å². The number of amides is 2. The van der Waals surface area contributed by atoms with Crippen molar-refractivity contribution in [2.24, 2.45) is 11.7 Å². The summed E-state index contributed by atoms with van der Waals surface area (Å²) in [6.07, 6.45) is 0. The van der Waals surface area contributed by atoms with E-state index in [2.05, 4.69) is 0 Å². The number of rotatable bonds is 3. The number of ether oxygens (including phenoxy) is 3. The number of imide groups is 1. The monoisotopic (exact) mass is 438 g/mol. The lowest BCUT2D eigenvalue weighted by molar-refractivity contribution is -0.132. The van der Waals surface area contributed by atoms with Gasteiger partial charge in [-0.1, -0.05) is 36.0 Å². The lowest BCUT2D eigenvalue weighted by Gasteiger charge is -2.36. The number of hydrogen-bond acceptors (Lipinski definition) is 8. The van der Waals surface area contributed by atoms with Crippen LogP contribution in [0.3, 0.4) is 0 Å². The van der Waals surface area contributed by atoms with Crippen molar-refractivity contribution in [3.63, 3.8) is 0 Å². The van der Waals surface area contributed by atoms with Gasteiger partial charge in [-0.25, -0.2) is 9.69 Å². The van der Waals surface area contributed by atoms with Crippen LogP contribution in [-0.4, -0.2) is 37.3 Å². The van der Waals surface area contributed by atoms with Crippen LogP contribution in [0.25, 0.3) is 0 Å². The number of nitrogens with two attached hydrogens (primary N) is 1. The van der Waals surface area contributed by atoms with E-state index in [0.717, 1.165) is 16.7 Å². The second-order valence-corrected chi connectivity index (χ2v) is 8.46. The Hall–Kier alpha value is -3.46. The molecule has 2 amide bonds. The van der Waals surface area contributed by atoms with Crippen LogP contribution in [0.15, 0.2) is 53.1 Å². The molecule has 3 aliphatic heterocycles. The SMILES string of the molecule is COc1ccccc1N1C(=O)[C@H]2[C@H](SC(N)=C3C(=O)Oc4c(OC)cccc4[C@H]32)C1=O. The predicted octanol–water partition coefficient (Wildman–Crippen LogP) is 2.18. The number of para-hydroxylation sites is 3. The maximum atomic E-state index is 13.6. The molecule has 31 heavy (non-hydrogen) atoms. The maximum absolute atomic E-state index is 13.6. The number of nitrogens with zero attached hydrogens (tertiary/aromatic N) is 1.